The van der Waals surface area contributed by atoms with Crippen molar-refractivity contribution in [3.05, 3.63) is 79.1 Å². The fourth-order valence-corrected chi connectivity index (χ4v) is 4.95. The van der Waals surface area contributed by atoms with Crippen LogP contribution in [0.4, 0.5) is 21.9 Å². The molecule has 0 aliphatic rings. The predicted molar refractivity (Wildman–Crippen MR) is 161 cm³/mol. The van der Waals surface area contributed by atoms with E-state index in [1.54, 1.807) is 12.4 Å². The second-order valence-electron chi connectivity index (χ2n) is 10.7. The Kier molecular flexibility index (Phi) is 8.00. The van der Waals surface area contributed by atoms with E-state index in [0.717, 1.165) is 57.6 Å². The van der Waals surface area contributed by atoms with Crippen LogP contribution in [-0.4, -0.2) is 44.7 Å². The highest BCUT2D eigenvalue weighted by Gasteiger charge is 2.19. The fraction of sp³-hybridized carbons (Fsp3) is 0.258. The molecule has 3 N–H and O–H groups in total. The Morgan fingerprint density at radius 3 is 2.35 bits per heavy atom. The molecule has 0 atom stereocenters. The molecule has 9 nitrogen and oxygen atoms in total. The molecular weight excluding hydrogens is 500 g/mol. The van der Waals surface area contributed by atoms with Crippen LogP contribution < -0.4 is 15.5 Å². The average Bonchev–Trinajstić information content (AvgIpc) is 3.47. The van der Waals surface area contributed by atoms with Gasteiger partial charge in [0.05, 0.1) is 17.1 Å². The molecule has 3 aromatic carbocycles. The molecule has 5 rings (SSSR count). The van der Waals surface area contributed by atoms with Gasteiger partial charge in [-0.15, -0.1) is 5.10 Å². The van der Waals surface area contributed by atoms with Crippen molar-refractivity contribution in [3.63, 3.8) is 0 Å². The van der Waals surface area contributed by atoms with Crippen molar-refractivity contribution < 1.29 is 4.79 Å². The van der Waals surface area contributed by atoms with E-state index in [4.69, 9.17) is 0 Å². The Morgan fingerprint density at radius 2 is 1.62 bits per heavy atom. The average molecular weight is 535 g/mol. The second kappa shape index (κ2) is 11.9. The molecule has 0 spiro atoms. The lowest BCUT2D eigenvalue weighted by Crippen LogP contribution is -2.32. The van der Waals surface area contributed by atoms with E-state index in [9.17, 15) is 4.79 Å². The Balaban J connectivity index is 1.54. The van der Waals surface area contributed by atoms with Crippen LogP contribution in [0.25, 0.3) is 33.3 Å². The van der Waals surface area contributed by atoms with Gasteiger partial charge in [-0.2, -0.15) is 0 Å². The maximum Gasteiger partial charge on any atom is 0.323 e. The van der Waals surface area contributed by atoms with Gasteiger partial charge in [0, 0.05) is 41.8 Å². The summed E-state index contributed by atoms with van der Waals surface area (Å²) in [7, 11) is 0. The predicted octanol–water partition coefficient (Wildman–Crippen LogP) is 6.84. The standard InChI is InChI=1S/C31H34N8O/c1-20(2)18-39(19-21(3)4)29-13-12-22(24-9-5-6-10-26(24)30-35-37-38-36-30)16-28(29)34-31(40)33-27-11-7-8-23-17-32-15-14-25(23)27/h5-17,20-21H,18-19H2,1-4H3,(H2,33,34,40)(H,35,36,37,38). The van der Waals surface area contributed by atoms with E-state index in [0.29, 0.717) is 17.7 Å². The number of carbonyl (C=O) groups is 1. The Bertz CT molecular complexity index is 1580. The van der Waals surface area contributed by atoms with Crippen molar-refractivity contribution in [2.45, 2.75) is 27.7 Å². The molecule has 204 valence electrons. The molecule has 2 aromatic heterocycles. The van der Waals surface area contributed by atoms with Crippen LogP contribution in [-0.2, 0) is 0 Å². The summed E-state index contributed by atoms with van der Waals surface area (Å²) in [6, 6.07) is 21.5. The number of tetrazole rings is 1. The quantitative estimate of drug-likeness (QED) is 0.191. The largest absolute Gasteiger partial charge is 0.369 e. The lowest BCUT2D eigenvalue weighted by atomic mass is 9.97. The molecule has 9 heteroatoms. The molecule has 2 heterocycles. The van der Waals surface area contributed by atoms with Gasteiger partial charge >= 0.3 is 6.03 Å². The molecule has 0 unspecified atom stereocenters. The number of nitrogens with zero attached hydrogens (tertiary/aromatic N) is 5. The third-order valence-electron chi connectivity index (χ3n) is 6.52. The monoisotopic (exact) mass is 534 g/mol. The van der Waals surface area contributed by atoms with Crippen molar-refractivity contribution in [1.29, 1.82) is 0 Å². The summed E-state index contributed by atoms with van der Waals surface area (Å²) in [6.07, 6.45) is 3.52. The first-order chi connectivity index (χ1) is 19.4. The van der Waals surface area contributed by atoms with Gasteiger partial charge in [0.1, 0.15) is 0 Å². The zero-order chi connectivity index (χ0) is 28.1. The van der Waals surface area contributed by atoms with Gasteiger partial charge in [-0.05, 0) is 57.7 Å². The van der Waals surface area contributed by atoms with Crippen LogP contribution in [0.1, 0.15) is 27.7 Å². The second-order valence-corrected chi connectivity index (χ2v) is 10.7. The highest BCUT2D eigenvalue weighted by Crippen LogP contribution is 2.36. The molecule has 5 aromatic rings. The van der Waals surface area contributed by atoms with Gasteiger partial charge in [0.2, 0.25) is 0 Å². The van der Waals surface area contributed by atoms with E-state index < -0.39 is 0 Å². The fourth-order valence-electron chi connectivity index (χ4n) is 4.95. The first kappa shape index (κ1) is 26.8. The van der Waals surface area contributed by atoms with Crippen molar-refractivity contribution >= 4 is 33.9 Å². The normalized spacial score (nSPS) is 11.2. The lowest BCUT2D eigenvalue weighted by molar-refractivity contribution is 0.262. The maximum atomic E-state index is 13.5. The Morgan fingerprint density at radius 1 is 0.875 bits per heavy atom. The van der Waals surface area contributed by atoms with Gasteiger partial charge in [0.25, 0.3) is 0 Å². The van der Waals surface area contributed by atoms with Gasteiger partial charge in [-0.1, -0.05) is 70.2 Å². The van der Waals surface area contributed by atoms with Crippen LogP contribution in [0.15, 0.2) is 79.1 Å². The minimum atomic E-state index is -0.315. The summed E-state index contributed by atoms with van der Waals surface area (Å²) >= 11 is 0. The number of anilines is 3. The van der Waals surface area contributed by atoms with Gasteiger partial charge in [0.15, 0.2) is 5.82 Å². The third kappa shape index (κ3) is 6.09. The molecule has 0 saturated carbocycles. The minimum absolute atomic E-state index is 0.315. The number of hydrogen-bond donors (Lipinski definition) is 3. The summed E-state index contributed by atoms with van der Waals surface area (Å²) in [5, 5.41) is 22.6. The number of hydrogen-bond acceptors (Lipinski definition) is 6. The Hall–Kier alpha value is -4.79. The first-order valence-corrected chi connectivity index (χ1v) is 13.5. The zero-order valence-electron chi connectivity index (χ0n) is 23.2. The molecule has 2 amide bonds. The highest BCUT2D eigenvalue weighted by molar-refractivity contribution is 6.07. The van der Waals surface area contributed by atoms with E-state index in [-0.39, 0.29) is 6.03 Å². The van der Waals surface area contributed by atoms with Crippen molar-refractivity contribution in [3.8, 4) is 22.5 Å². The van der Waals surface area contributed by atoms with Crippen molar-refractivity contribution in [1.82, 2.24) is 25.6 Å². The summed E-state index contributed by atoms with van der Waals surface area (Å²) in [6.45, 7) is 10.6. The first-order valence-electron chi connectivity index (χ1n) is 13.5. The molecule has 0 radical (unpaired) electrons. The number of aromatic nitrogens is 5. The number of benzene rings is 3. The number of nitrogens with one attached hydrogen (secondary N) is 3. The molecular formula is C31H34N8O. The van der Waals surface area contributed by atoms with E-state index in [2.05, 4.69) is 81.0 Å². The summed E-state index contributed by atoms with van der Waals surface area (Å²) in [4.78, 5) is 20.0. The molecule has 0 fully saturated rings. The number of H-pyrrole nitrogens is 1. The van der Waals surface area contributed by atoms with Gasteiger partial charge in [-0.3, -0.25) is 4.98 Å². The number of urea groups is 1. The van der Waals surface area contributed by atoms with Crippen LogP contribution in [0.5, 0.6) is 0 Å². The smallest absolute Gasteiger partial charge is 0.323 e. The number of carbonyl (C=O) groups excluding carboxylic acids is 1. The van der Waals surface area contributed by atoms with E-state index >= 15 is 0 Å². The van der Waals surface area contributed by atoms with Crippen LogP contribution in [0.3, 0.4) is 0 Å². The number of aromatic amines is 1. The molecule has 40 heavy (non-hydrogen) atoms. The molecule has 0 aliphatic carbocycles. The van der Waals surface area contributed by atoms with E-state index in [1.807, 2.05) is 54.6 Å². The molecule has 0 bridgehead atoms. The van der Waals surface area contributed by atoms with Crippen LogP contribution >= 0.6 is 0 Å². The summed E-state index contributed by atoms with van der Waals surface area (Å²) < 4.78 is 0. The summed E-state index contributed by atoms with van der Waals surface area (Å²) in [5.74, 6) is 1.48. The van der Waals surface area contributed by atoms with E-state index in [1.165, 1.54) is 0 Å². The number of amides is 2. The SMILES string of the molecule is CC(C)CN(CC(C)C)c1ccc(-c2ccccc2-c2nnn[nH]2)cc1NC(=O)Nc1cccc2cnccc12. The number of pyridine rings is 1. The summed E-state index contributed by atoms with van der Waals surface area (Å²) in [5.41, 5.74) is 5.19. The topological polar surface area (TPSA) is 112 Å². The van der Waals surface area contributed by atoms with Crippen LogP contribution in [0.2, 0.25) is 0 Å². The maximum absolute atomic E-state index is 13.5. The van der Waals surface area contributed by atoms with Crippen LogP contribution in [0, 0.1) is 11.8 Å². The van der Waals surface area contributed by atoms with Gasteiger partial charge < -0.3 is 15.5 Å². The van der Waals surface area contributed by atoms with Crippen molar-refractivity contribution in [2.24, 2.45) is 11.8 Å². The van der Waals surface area contributed by atoms with Gasteiger partial charge in [-0.25, -0.2) is 9.89 Å². The minimum Gasteiger partial charge on any atom is -0.369 e. The Labute approximate surface area is 234 Å². The third-order valence-corrected chi connectivity index (χ3v) is 6.52. The number of rotatable bonds is 9. The zero-order valence-corrected chi connectivity index (χ0v) is 23.2. The lowest BCUT2D eigenvalue weighted by Gasteiger charge is -2.31. The number of fused-ring (bicyclic) bond motifs is 1. The molecule has 0 saturated heterocycles. The highest BCUT2D eigenvalue weighted by atomic mass is 16.2. The van der Waals surface area contributed by atoms with Crippen molar-refractivity contribution in [2.75, 3.05) is 28.6 Å². The molecule has 0 aliphatic heterocycles.